The van der Waals surface area contributed by atoms with Crippen molar-refractivity contribution in [1.82, 2.24) is 0 Å². The number of rotatable bonds is 9. The van der Waals surface area contributed by atoms with E-state index in [1.54, 1.807) is 6.07 Å². The summed E-state index contributed by atoms with van der Waals surface area (Å²) in [4.78, 5) is 23.5. The average molecular weight is 442 g/mol. The summed E-state index contributed by atoms with van der Waals surface area (Å²) in [5.41, 5.74) is 0.680. The predicted molar refractivity (Wildman–Crippen MR) is 105 cm³/mol. The summed E-state index contributed by atoms with van der Waals surface area (Å²) in [6.07, 6.45) is 2.18. The van der Waals surface area contributed by atoms with Crippen LogP contribution >= 0.6 is 0 Å². The van der Waals surface area contributed by atoms with E-state index in [1.165, 1.54) is 32.2 Å². The monoisotopic (exact) mass is 442 g/mol. The molecule has 0 spiro atoms. The minimum Gasteiger partial charge on any atom is -0.495 e. The Bertz CT molecular complexity index is 967. The van der Waals surface area contributed by atoms with Gasteiger partial charge >= 0.3 is 13.2 Å². The molecule has 0 fully saturated rings. The highest BCUT2D eigenvalue weighted by atomic mass is 19.3. The maximum atomic E-state index is 12.6. The van der Waals surface area contributed by atoms with E-state index in [2.05, 4.69) is 20.1 Å². The highest BCUT2D eigenvalue weighted by Crippen LogP contribution is 2.30. The van der Waals surface area contributed by atoms with Crippen molar-refractivity contribution in [2.24, 2.45) is 0 Å². The zero-order valence-corrected chi connectivity index (χ0v) is 16.3. The van der Waals surface area contributed by atoms with E-state index < -0.39 is 24.9 Å². The van der Waals surface area contributed by atoms with E-state index in [0.717, 1.165) is 24.3 Å². The zero-order valence-electron chi connectivity index (χ0n) is 16.3. The Labute approximate surface area is 174 Å². The van der Waals surface area contributed by atoms with Gasteiger partial charge in [0, 0.05) is 30.3 Å². The Morgan fingerprint density at radius 3 is 2.26 bits per heavy atom. The van der Waals surface area contributed by atoms with E-state index in [9.17, 15) is 27.2 Å². The molecule has 0 aliphatic rings. The zero-order chi connectivity index (χ0) is 23.0. The van der Waals surface area contributed by atoms with Gasteiger partial charge in [-0.3, -0.25) is 9.59 Å². The molecule has 0 heterocycles. The van der Waals surface area contributed by atoms with Gasteiger partial charge in [-0.15, -0.1) is 0 Å². The summed E-state index contributed by atoms with van der Waals surface area (Å²) in [5.74, 6) is -1.50. The van der Waals surface area contributed by atoms with Crippen LogP contribution in [0.5, 0.6) is 17.2 Å². The number of methoxy groups -OCH3 is 1. The number of hydrogen-bond donors (Lipinski definition) is 2. The van der Waals surface area contributed by atoms with Crippen molar-refractivity contribution in [1.29, 1.82) is 0 Å². The number of amides is 2. The number of carbonyl (C=O) groups excluding carboxylic acids is 2. The maximum absolute atomic E-state index is 12.6. The van der Waals surface area contributed by atoms with Crippen molar-refractivity contribution in [3.8, 4) is 17.2 Å². The van der Waals surface area contributed by atoms with Crippen LogP contribution in [0.2, 0.25) is 0 Å². The summed E-state index contributed by atoms with van der Waals surface area (Å²) in [5, 5.41) is 5.08. The molecule has 2 rings (SSSR count). The molecule has 7 nitrogen and oxygen atoms in total. The van der Waals surface area contributed by atoms with Gasteiger partial charge in [-0.2, -0.15) is 17.6 Å². The van der Waals surface area contributed by atoms with E-state index in [4.69, 9.17) is 4.74 Å². The fourth-order valence-corrected chi connectivity index (χ4v) is 2.45. The first-order valence-electron chi connectivity index (χ1n) is 8.66. The van der Waals surface area contributed by atoms with Crippen molar-refractivity contribution in [3.63, 3.8) is 0 Å². The lowest BCUT2D eigenvalue weighted by molar-refractivity contribution is -0.114. The standard InChI is InChI=1S/C20H18F4N2O5/c1-11(27)25-13-5-7-16(29-2)15(9-13)26-18(28)8-4-12-3-6-14(30-19(21)22)10-17(12)31-20(23)24/h3-10,19-20H,1-2H3,(H,25,27)(H,26,28)/b8-4+. The van der Waals surface area contributed by atoms with Gasteiger partial charge in [0.25, 0.3) is 0 Å². The molecule has 2 amide bonds. The number of ether oxygens (including phenoxy) is 3. The van der Waals surface area contributed by atoms with Gasteiger partial charge in [0.2, 0.25) is 11.8 Å². The summed E-state index contributed by atoms with van der Waals surface area (Å²) in [6.45, 7) is -5.04. The maximum Gasteiger partial charge on any atom is 0.387 e. The molecule has 166 valence electrons. The Morgan fingerprint density at radius 2 is 1.65 bits per heavy atom. The smallest absolute Gasteiger partial charge is 0.387 e. The molecule has 0 unspecified atom stereocenters. The van der Waals surface area contributed by atoms with Gasteiger partial charge in [0.15, 0.2) is 0 Å². The van der Waals surface area contributed by atoms with Crippen molar-refractivity contribution in [2.75, 3.05) is 17.7 Å². The van der Waals surface area contributed by atoms with Crippen LogP contribution in [0.25, 0.3) is 6.08 Å². The molecule has 0 aromatic heterocycles. The SMILES string of the molecule is COc1ccc(NC(C)=O)cc1NC(=O)/C=C/c1ccc(OC(F)F)cc1OC(F)F. The molecular formula is C20H18F4N2O5. The Kier molecular flexibility index (Phi) is 8.24. The molecule has 2 aromatic rings. The molecule has 2 aromatic carbocycles. The Morgan fingerprint density at radius 1 is 0.935 bits per heavy atom. The van der Waals surface area contributed by atoms with Gasteiger partial charge < -0.3 is 24.8 Å². The van der Waals surface area contributed by atoms with E-state index >= 15 is 0 Å². The molecule has 0 aliphatic carbocycles. The Balaban J connectivity index is 2.21. The molecule has 0 saturated heterocycles. The molecular weight excluding hydrogens is 424 g/mol. The quantitative estimate of drug-likeness (QED) is 0.441. The largest absolute Gasteiger partial charge is 0.495 e. The van der Waals surface area contributed by atoms with E-state index in [0.29, 0.717) is 11.4 Å². The summed E-state index contributed by atoms with van der Waals surface area (Å²) < 4.78 is 63.5. The molecule has 0 saturated carbocycles. The molecule has 0 aliphatic heterocycles. The third-order valence-electron chi connectivity index (χ3n) is 3.62. The Hall–Kier alpha value is -3.76. The lowest BCUT2D eigenvalue weighted by Gasteiger charge is -2.12. The van der Waals surface area contributed by atoms with Gasteiger partial charge in [-0.05, 0) is 36.4 Å². The van der Waals surface area contributed by atoms with Crippen LogP contribution in [0.4, 0.5) is 28.9 Å². The first kappa shape index (κ1) is 23.5. The topological polar surface area (TPSA) is 85.9 Å². The van der Waals surface area contributed by atoms with Gasteiger partial charge in [0.1, 0.15) is 17.2 Å². The predicted octanol–water partition coefficient (Wildman–Crippen LogP) is 4.51. The number of carbonyl (C=O) groups is 2. The molecule has 31 heavy (non-hydrogen) atoms. The van der Waals surface area contributed by atoms with Gasteiger partial charge in [-0.1, -0.05) is 0 Å². The number of alkyl halides is 4. The lowest BCUT2D eigenvalue weighted by atomic mass is 10.1. The average Bonchev–Trinajstić information content (AvgIpc) is 2.66. The van der Waals surface area contributed by atoms with Crippen molar-refractivity contribution < 1.29 is 41.4 Å². The van der Waals surface area contributed by atoms with Crippen molar-refractivity contribution in [3.05, 3.63) is 48.0 Å². The minimum absolute atomic E-state index is 0.0241. The molecule has 0 bridgehead atoms. The lowest BCUT2D eigenvalue weighted by Crippen LogP contribution is -2.11. The normalized spacial score (nSPS) is 11.0. The van der Waals surface area contributed by atoms with Crippen LogP contribution < -0.4 is 24.8 Å². The number of benzene rings is 2. The highest BCUT2D eigenvalue weighted by Gasteiger charge is 2.13. The summed E-state index contributed by atoms with van der Waals surface area (Å²) >= 11 is 0. The van der Waals surface area contributed by atoms with E-state index in [-0.39, 0.29) is 22.9 Å². The van der Waals surface area contributed by atoms with Crippen molar-refractivity contribution >= 4 is 29.3 Å². The second-order valence-corrected chi connectivity index (χ2v) is 5.88. The summed E-state index contributed by atoms with van der Waals surface area (Å²) in [6, 6.07) is 7.71. The second kappa shape index (κ2) is 10.9. The van der Waals surface area contributed by atoms with Crippen LogP contribution in [0, 0.1) is 0 Å². The number of nitrogens with one attached hydrogen (secondary N) is 2. The highest BCUT2D eigenvalue weighted by molar-refractivity contribution is 6.03. The van der Waals surface area contributed by atoms with Crippen LogP contribution in [0.1, 0.15) is 12.5 Å². The van der Waals surface area contributed by atoms with Gasteiger partial charge in [0.05, 0.1) is 12.8 Å². The minimum atomic E-state index is -3.22. The number of anilines is 2. The molecule has 0 radical (unpaired) electrons. The fraction of sp³-hybridized carbons (Fsp3) is 0.200. The fourth-order valence-electron chi connectivity index (χ4n) is 2.45. The third-order valence-corrected chi connectivity index (χ3v) is 3.62. The first-order valence-corrected chi connectivity index (χ1v) is 8.66. The van der Waals surface area contributed by atoms with Crippen LogP contribution in [-0.2, 0) is 9.59 Å². The van der Waals surface area contributed by atoms with Gasteiger partial charge in [-0.25, -0.2) is 0 Å². The third kappa shape index (κ3) is 7.53. The van der Waals surface area contributed by atoms with Crippen molar-refractivity contribution in [2.45, 2.75) is 20.1 Å². The van der Waals surface area contributed by atoms with E-state index in [1.807, 2.05) is 0 Å². The first-order chi connectivity index (χ1) is 14.7. The molecule has 11 heteroatoms. The number of halogens is 4. The molecule has 2 N–H and O–H groups in total. The van der Waals surface area contributed by atoms with Crippen LogP contribution in [0.3, 0.4) is 0 Å². The second-order valence-electron chi connectivity index (χ2n) is 5.88. The summed E-state index contributed by atoms with van der Waals surface area (Å²) in [7, 11) is 1.38. The van der Waals surface area contributed by atoms with Crippen LogP contribution in [-0.4, -0.2) is 32.1 Å². The molecule has 0 atom stereocenters. The van der Waals surface area contributed by atoms with Crippen LogP contribution in [0.15, 0.2) is 42.5 Å². The number of hydrogen-bond acceptors (Lipinski definition) is 5.